The number of rotatable bonds is 5. The zero-order valence-electron chi connectivity index (χ0n) is 22.8. The van der Waals surface area contributed by atoms with Crippen molar-refractivity contribution in [2.75, 3.05) is 19.6 Å². The van der Waals surface area contributed by atoms with Gasteiger partial charge in [-0.3, -0.25) is 4.90 Å². The summed E-state index contributed by atoms with van der Waals surface area (Å²) in [5.41, 5.74) is 5.33. The summed E-state index contributed by atoms with van der Waals surface area (Å²) in [4.78, 5) is 2.73. The molecule has 3 fully saturated rings. The Morgan fingerprint density at radius 1 is 1.03 bits per heavy atom. The number of nitrogens with zero attached hydrogens (tertiary/aromatic N) is 1. The Morgan fingerprint density at radius 2 is 1.80 bits per heavy atom. The van der Waals surface area contributed by atoms with Gasteiger partial charge in [-0.25, -0.2) is 0 Å². The first kappa shape index (κ1) is 25.5. The van der Waals surface area contributed by atoms with Crippen molar-refractivity contribution in [1.82, 2.24) is 15.5 Å². The zero-order chi connectivity index (χ0) is 24.6. The van der Waals surface area contributed by atoms with Gasteiger partial charge in [-0.15, -0.1) is 0 Å². The summed E-state index contributed by atoms with van der Waals surface area (Å²) in [5, 5.41) is 8.44. The minimum atomic E-state index is 0.286. The second-order valence-corrected chi connectivity index (χ2v) is 13.5. The van der Waals surface area contributed by atoms with Gasteiger partial charge in [-0.1, -0.05) is 65.2 Å². The SMILES string of the molecule is CC(C)c1ccc2c(c1)CC[C@H]1[C@](C)(CNC(=S)N[C@@H]3CCCC[C@H]3N3CCCC3)CCC[C@]21C. The van der Waals surface area contributed by atoms with E-state index in [1.165, 1.54) is 89.3 Å². The van der Waals surface area contributed by atoms with E-state index < -0.39 is 0 Å². The van der Waals surface area contributed by atoms with E-state index in [1.807, 2.05) is 0 Å². The summed E-state index contributed by atoms with van der Waals surface area (Å²) in [6.45, 7) is 13.3. The lowest BCUT2D eigenvalue weighted by Gasteiger charge is -2.55. The van der Waals surface area contributed by atoms with Crippen LogP contribution < -0.4 is 10.6 Å². The van der Waals surface area contributed by atoms with Crippen molar-refractivity contribution in [2.24, 2.45) is 11.3 Å². The van der Waals surface area contributed by atoms with Crippen molar-refractivity contribution < 1.29 is 0 Å². The second kappa shape index (κ2) is 10.3. The van der Waals surface area contributed by atoms with Crippen LogP contribution in [-0.4, -0.2) is 41.7 Å². The molecule has 4 heteroatoms. The molecule has 1 aromatic carbocycles. The number of fused-ring (bicyclic) bond motifs is 3. The van der Waals surface area contributed by atoms with E-state index in [9.17, 15) is 0 Å². The van der Waals surface area contributed by atoms with Crippen molar-refractivity contribution in [2.45, 2.75) is 122 Å². The molecule has 1 saturated heterocycles. The summed E-state index contributed by atoms with van der Waals surface area (Å²) < 4.78 is 0. The van der Waals surface area contributed by atoms with Gasteiger partial charge >= 0.3 is 0 Å². The van der Waals surface area contributed by atoms with E-state index in [4.69, 9.17) is 12.2 Å². The largest absolute Gasteiger partial charge is 0.362 e. The number of hydrogen-bond acceptors (Lipinski definition) is 2. The molecule has 5 atom stereocenters. The molecule has 0 unspecified atom stereocenters. The Morgan fingerprint density at radius 3 is 2.57 bits per heavy atom. The van der Waals surface area contributed by atoms with Gasteiger partial charge < -0.3 is 10.6 Å². The molecule has 3 aliphatic carbocycles. The number of benzene rings is 1. The molecular formula is C31H49N3S. The third kappa shape index (κ3) is 5.04. The van der Waals surface area contributed by atoms with Gasteiger partial charge in [0.2, 0.25) is 0 Å². The number of hydrogen-bond donors (Lipinski definition) is 2. The predicted octanol–water partition coefficient (Wildman–Crippen LogP) is 6.69. The van der Waals surface area contributed by atoms with Crippen LogP contribution in [-0.2, 0) is 11.8 Å². The Hall–Kier alpha value is -1.13. The topological polar surface area (TPSA) is 27.3 Å². The highest BCUT2D eigenvalue weighted by Gasteiger charge is 2.51. The van der Waals surface area contributed by atoms with E-state index in [0.29, 0.717) is 23.9 Å². The Balaban J connectivity index is 1.25. The molecule has 194 valence electrons. The minimum absolute atomic E-state index is 0.286. The fraction of sp³-hybridized carbons (Fsp3) is 0.774. The molecule has 2 N–H and O–H groups in total. The molecule has 1 heterocycles. The van der Waals surface area contributed by atoms with Gasteiger partial charge in [0.15, 0.2) is 5.11 Å². The van der Waals surface area contributed by atoms with Gasteiger partial charge in [0.25, 0.3) is 0 Å². The first-order valence-corrected chi connectivity index (χ1v) is 15.1. The minimum Gasteiger partial charge on any atom is -0.362 e. The van der Waals surface area contributed by atoms with Crippen molar-refractivity contribution in [3.8, 4) is 0 Å². The molecule has 1 aliphatic heterocycles. The molecular weight excluding hydrogens is 446 g/mol. The highest BCUT2D eigenvalue weighted by Crippen LogP contribution is 2.57. The van der Waals surface area contributed by atoms with Crippen molar-refractivity contribution >= 4 is 17.3 Å². The molecule has 0 bridgehead atoms. The van der Waals surface area contributed by atoms with Crippen LogP contribution in [0.4, 0.5) is 0 Å². The van der Waals surface area contributed by atoms with Crippen LogP contribution in [0.5, 0.6) is 0 Å². The molecule has 0 radical (unpaired) electrons. The number of aryl methyl sites for hydroxylation is 1. The molecule has 0 aromatic heterocycles. The van der Waals surface area contributed by atoms with Crippen LogP contribution in [0.2, 0.25) is 0 Å². The third-order valence-electron chi connectivity index (χ3n) is 10.5. The monoisotopic (exact) mass is 495 g/mol. The first-order valence-electron chi connectivity index (χ1n) is 14.7. The number of likely N-dealkylation sites (tertiary alicyclic amines) is 1. The maximum atomic E-state index is 5.92. The molecule has 3 nitrogen and oxygen atoms in total. The van der Waals surface area contributed by atoms with Crippen LogP contribution >= 0.6 is 12.2 Å². The molecule has 0 amide bonds. The summed E-state index contributed by atoms with van der Waals surface area (Å²) >= 11 is 5.92. The Kier molecular flexibility index (Phi) is 7.53. The highest BCUT2D eigenvalue weighted by atomic mass is 32.1. The summed E-state index contributed by atoms with van der Waals surface area (Å²) in [5.74, 6) is 1.32. The molecule has 2 saturated carbocycles. The van der Waals surface area contributed by atoms with Gasteiger partial charge in [-0.2, -0.15) is 0 Å². The number of thiocarbonyl (C=S) groups is 1. The first-order chi connectivity index (χ1) is 16.8. The fourth-order valence-electron chi connectivity index (χ4n) is 8.51. The van der Waals surface area contributed by atoms with Crippen LogP contribution in [0.1, 0.15) is 115 Å². The van der Waals surface area contributed by atoms with E-state index in [-0.39, 0.29) is 10.8 Å². The van der Waals surface area contributed by atoms with Gasteiger partial charge in [0.1, 0.15) is 0 Å². The molecule has 35 heavy (non-hydrogen) atoms. The molecule has 4 aliphatic rings. The lowest BCUT2D eigenvalue weighted by atomic mass is 9.49. The third-order valence-corrected chi connectivity index (χ3v) is 10.7. The van der Waals surface area contributed by atoms with Gasteiger partial charge in [0.05, 0.1) is 0 Å². The van der Waals surface area contributed by atoms with E-state index in [1.54, 1.807) is 11.1 Å². The van der Waals surface area contributed by atoms with Gasteiger partial charge in [0, 0.05) is 18.6 Å². The van der Waals surface area contributed by atoms with E-state index in [2.05, 4.69) is 61.4 Å². The second-order valence-electron chi connectivity index (χ2n) is 13.1. The van der Waals surface area contributed by atoms with Crippen molar-refractivity contribution in [3.05, 3.63) is 34.9 Å². The Bertz CT molecular complexity index is 906. The smallest absolute Gasteiger partial charge is 0.166 e. The van der Waals surface area contributed by atoms with Crippen LogP contribution in [0.25, 0.3) is 0 Å². The summed E-state index contributed by atoms with van der Waals surface area (Å²) in [7, 11) is 0. The normalized spacial score (nSPS) is 35.4. The molecule has 1 aromatic rings. The maximum Gasteiger partial charge on any atom is 0.166 e. The highest BCUT2D eigenvalue weighted by molar-refractivity contribution is 7.80. The molecule has 5 rings (SSSR count). The average molecular weight is 496 g/mol. The quantitative estimate of drug-likeness (QED) is 0.445. The average Bonchev–Trinajstić information content (AvgIpc) is 3.38. The van der Waals surface area contributed by atoms with Crippen LogP contribution in [0, 0.1) is 11.3 Å². The van der Waals surface area contributed by atoms with Crippen molar-refractivity contribution in [1.29, 1.82) is 0 Å². The molecule has 0 spiro atoms. The van der Waals surface area contributed by atoms with Crippen LogP contribution in [0.3, 0.4) is 0 Å². The fourth-order valence-corrected chi connectivity index (χ4v) is 8.73. The van der Waals surface area contributed by atoms with Gasteiger partial charge in [-0.05, 0) is 116 Å². The maximum absolute atomic E-state index is 5.92. The summed E-state index contributed by atoms with van der Waals surface area (Å²) in [6.07, 6.45) is 14.5. The lowest BCUT2D eigenvalue weighted by molar-refractivity contribution is 0.0291. The van der Waals surface area contributed by atoms with Crippen LogP contribution in [0.15, 0.2) is 18.2 Å². The number of nitrogens with one attached hydrogen (secondary N) is 2. The van der Waals surface area contributed by atoms with E-state index in [0.717, 1.165) is 11.7 Å². The van der Waals surface area contributed by atoms with E-state index >= 15 is 0 Å². The zero-order valence-corrected chi connectivity index (χ0v) is 23.6. The predicted molar refractivity (Wildman–Crippen MR) is 152 cm³/mol. The Labute approximate surface area is 220 Å². The lowest BCUT2D eigenvalue weighted by Crippen LogP contribution is -2.57. The standard InChI is InChI=1S/C31H49N3S/c1-22(2)23-12-14-25-24(20-23)13-15-28-30(3,16-9-17-31(25,28)4)21-32-29(35)33-26-10-5-6-11-27(26)34-18-7-8-19-34/h12,14,20,22,26-28H,5-11,13,15-19,21H2,1-4H3,(H2,32,33,35)/t26-,27-,28+,30+,31-/m1/s1. The van der Waals surface area contributed by atoms with Crippen molar-refractivity contribution in [3.63, 3.8) is 0 Å². The summed E-state index contributed by atoms with van der Waals surface area (Å²) in [6, 6.07) is 8.60.